The summed E-state index contributed by atoms with van der Waals surface area (Å²) in [6.45, 7) is 6.18. The Hall–Kier alpha value is -2.57. The average molecular weight is 399 g/mol. The normalized spacial score (nSPS) is 21.3. The van der Waals surface area contributed by atoms with Crippen LogP contribution in [0.5, 0.6) is 0 Å². The molecule has 4 rings (SSSR count). The van der Waals surface area contributed by atoms with Gasteiger partial charge in [0.1, 0.15) is 12.6 Å². The number of amides is 3. The summed E-state index contributed by atoms with van der Waals surface area (Å²) in [4.78, 5) is 44.3. The van der Waals surface area contributed by atoms with E-state index >= 15 is 0 Å². The van der Waals surface area contributed by atoms with Gasteiger partial charge in [-0.1, -0.05) is 0 Å². The van der Waals surface area contributed by atoms with E-state index in [0.29, 0.717) is 11.3 Å². The molecule has 0 aliphatic carbocycles. The molecule has 29 heavy (non-hydrogen) atoms. The van der Waals surface area contributed by atoms with Gasteiger partial charge in [-0.15, -0.1) is 0 Å². The molecule has 1 N–H and O–H groups in total. The number of fused-ring (bicyclic) bond motifs is 3. The van der Waals surface area contributed by atoms with Crippen LogP contribution in [0.3, 0.4) is 0 Å². The van der Waals surface area contributed by atoms with Crippen molar-refractivity contribution < 1.29 is 14.4 Å². The highest BCUT2D eigenvalue weighted by Crippen LogP contribution is 2.40. The minimum atomic E-state index is -0.219. The number of rotatable bonds is 4. The molecule has 156 valence electrons. The molecule has 1 aromatic rings. The van der Waals surface area contributed by atoms with Crippen LogP contribution in [-0.2, 0) is 9.59 Å². The van der Waals surface area contributed by atoms with Crippen LogP contribution in [0.1, 0.15) is 56.3 Å². The van der Waals surface area contributed by atoms with E-state index in [1.54, 1.807) is 11.0 Å². The number of hydrogen-bond donors (Lipinski definition) is 1. The Morgan fingerprint density at radius 3 is 2.52 bits per heavy atom. The van der Waals surface area contributed by atoms with Gasteiger partial charge in [-0.05, 0) is 64.2 Å². The van der Waals surface area contributed by atoms with Crippen LogP contribution in [0.4, 0.5) is 11.4 Å². The maximum Gasteiger partial charge on any atom is 0.253 e. The van der Waals surface area contributed by atoms with Crippen LogP contribution in [0.2, 0.25) is 0 Å². The number of piperidine rings is 1. The lowest BCUT2D eigenvalue weighted by molar-refractivity contribution is -0.125. The average Bonchev–Trinajstić information content (AvgIpc) is 3.24. The second-order valence-corrected chi connectivity index (χ2v) is 8.55. The van der Waals surface area contributed by atoms with E-state index in [0.717, 1.165) is 57.4 Å². The highest BCUT2D eigenvalue weighted by atomic mass is 16.2. The maximum atomic E-state index is 13.3. The molecule has 1 atom stereocenters. The molecule has 0 unspecified atom stereocenters. The molecular formula is C22H30N4O3. The quantitative estimate of drug-likeness (QED) is 0.844. The number of anilines is 2. The highest BCUT2D eigenvalue weighted by molar-refractivity contribution is 6.09. The van der Waals surface area contributed by atoms with Gasteiger partial charge < -0.3 is 15.1 Å². The largest absolute Gasteiger partial charge is 0.358 e. The summed E-state index contributed by atoms with van der Waals surface area (Å²) in [7, 11) is 0. The first-order valence-electron chi connectivity index (χ1n) is 10.8. The van der Waals surface area contributed by atoms with E-state index in [4.69, 9.17) is 0 Å². The molecule has 0 radical (unpaired) electrons. The van der Waals surface area contributed by atoms with Crippen molar-refractivity contribution in [1.82, 2.24) is 10.2 Å². The molecule has 3 aliphatic heterocycles. The molecule has 3 amide bonds. The molecule has 0 spiro atoms. The van der Waals surface area contributed by atoms with Crippen molar-refractivity contribution in [3.8, 4) is 0 Å². The van der Waals surface area contributed by atoms with Crippen molar-refractivity contribution in [2.24, 2.45) is 0 Å². The molecule has 3 aliphatic rings. The molecule has 0 saturated carbocycles. The molecule has 0 aromatic heterocycles. The zero-order chi connectivity index (χ0) is 20.5. The minimum Gasteiger partial charge on any atom is -0.358 e. The molecule has 7 nitrogen and oxygen atoms in total. The summed E-state index contributed by atoms with van der Waals surface area (Å²) in [6, 6.07) is 5.42. The third kappa shape index (κ3) is 3.82. The Kier molecular flexibility index (Phi) is 5.48. The molecule has 0 bridgehead atoms. The summed E-state index contributed by atoms with van der Waals surface area (Å²) in [6.07, 6.45) is 4.93. The van der Waals surface area contributed by atoms with Gasteiger partial charge in [0.25, 0.3) is 5.91 Å². The number of hydrogen-bond acceptors (Lipinski definition) is 4. The van der Waals surface area contributed by atoms with Crippen LogP contribution < -0.4 is 15.1 Å². The first kappa shape index (κ1) is 19.7. The fourth-order valence-electron chi connectivity index (χ4n) is 4.67. The molecule has 2 saturated heterocycles. The van der Waals surface area contributed by atoms with E-state index in [1.807, 2.05) is 30.9 Å². The summed E-state index contributed by atoms with van der Waals surface area (Å²) in [5.41, 5.74) is 2.21. The van der Waals surface area contributed by atoms with E-state index in [2.05, 4.69) is 10.2 Å². The standard InChI is InChI=1S/C22H30N4O3/c1-15(2)23-20(27)14-26-19-13-16(21(28)24-10-5-6-11-24)8-9-17(19)25-12-4-3-7-18(25)22(26)29/h8-9,13,15,18H,3-7,10-12,14H2,1-2H3,(H,23,27)/t18-/m0/s1. The molecule has 2 fully saturated rings. The number of nitrogens with zero attached hydrogens (tertiary/aromatic N) is 3. The van der Waals surface area contributed by atoms with Crippen LogP contribution in [0.15, 0.2) is 18.2 Å². The maximum absolute atomic E-state index is 13.3. The SMILES string of the molecule is CC(C)NC(=O)CN1C(=O)[C@@H]2CCCCN2c2ccc(C(=O)N3CCCC3)cc21. The number of carbonyl (C=O) groups excluding carboxylic acids is 3. The van der Waals surface area contributed by atoms with Gasteiger partial charge in [-0.3, -0.25) is 19.3 Å². The summed E-state index contributed by atoms with van der Waals surface area (Å²) in [5.74, 6) is -0.216. The second kappa shape index (κ2) is 8.05. The summed E-state index contributed by atoms with van der Waals surface area (Å²) in [5, 5.41) is 2.87. The van der Waals surface area contributed by atoms with E-state index in [-0.39, 0.29) is 36.3 Å². The smallest absolute Gasteiger partial charge is 0.253 e. The van der Waals surface area contributed by atoms with E-state index in [9.17, 15) is 14.4 Å². The first-order chi connectivity index (χ1) is 14.0. The molecule has 7 heteroatoms. The second-order valence-electron chi connectivity index (χ2n) is 8.55. The Labute approximate surface area is 172 Å². The van der Waals surface area contributed by atoms with E-state index in [1.165, 1.54) is 0 Å². The number of nitrogens with one attached hydrogen (secondary N) is 1. The summed E-state index contributed by atoms with van der Waals surface area (Å²) < 4.78 is 0. The topological polar surface area (TPSA) is 73.0 Å². The third-order valence-corrected chi connectivity index (χ3v) is 6.02. The van der Waals surface area contributed by atoms with Crippen molar-refractivity contribution in [2.45, 2.75) is 58.0 Å². The van der Waals surface area contributed by atoms with Gasteiger partial charge in [-0.25, -0.2) is 0 Å². The third-order valence-electron chi connectivity index (χ3n) is 6.02. The predicted molar refractivity (Wildman–Crippen MR) is 112 cm³/mol. The minimum absolute atomic E-state index is 0.00472. The van der Waals surface area contributed by atoms with Crippen LogP contribution in [0.25, 0.3) is 0 Å². The van der Waals surface area contributed by atoms with Crippen LogP contribution in [-0.4, -0.2) is 60.9 Å². The van der Waals surface area contributed by atoms with Crippen LogP contribution in [0, 0.1) is 0 Å². The first-order valence-corrected chi connectivity index (χ1v) is 10.8. The Morgan fingerprint density at radius 2 is 1.79 bits per heavy atom. The Balaban J connectivity index is 1.69. The van der Waals surface area contributed by atoms with E-state index < -0.39 is 0 Å². The monoisotopic (exact) mass is 398 g/mol. The van der Waals surface area contributed by atoms with Gasteiger partial charge in [0.2, 0.25) is 11.8 Å². The zero-order valence-electron chi connectivity index (χ0n) is 17.3. The number of likely N-dealkylation sites (tertiary alicyclic amines) is 1. The van der Waals surface area contributed by atoms with Gasteiger partial charge in [-0.2, -0.15) is 0 Å². The Morgan fingerprint density at radius 1 is 1.07 bits per heavy atom. The number of benzene rings is 1. The lowest BCUT2D eigenvalue weighted by atomic mass is 9.95. The molecular weight excluding hydrogens is 368 g/mol. The summed E-state index contributed by atoms with van der Waals surface area (Å²) >= 11 is 0. The van der Waals surface area contributed by atoms with Crippen molar-refractivity contribution in [1.29, 1.82) is 0 Å². The number of carbonyl (C=O) groups is 3. The van der Waals surface area contributed by atoms with Crippen molar-refractivity contribution >= 4 is 29.1 Å². The fraction of sp³-hybridized carbons (Fsp3) is 0.591. The van der Waals surface area contributed by atoms with Crippen molar-refractivity contribution in [3.63, 3.8) is 0 Å². The lowest BCUT2D eigenvalue weighted by Gasteiger charge is -2.45. The Bertz CT molecular complexity index is 816. The van der Waals surface area contributed by atoms with Crippen molar-refractivity contribution in [3.05, 3.63) is 23.8 Å². The van der Waals surface area contributed by atoms with Crippen LogP contribution >= 0.6 is 0 Å². The van der Waals surface area contributed by atoms with Crippen molar-refractivity contribution in [2.75, 3.05) is 36.0 Å². The molecule has 1 aromatic carbocycles. The zero-order valence-corrected chi connectivity index (χ0v) is 17.3. The van der Waals surface area contributed by atoms with Gasteiger partial charge in [0.15, 0.2) is 0 Å². The lowest BCUT2D eigenvalue weighted by Crippen LogP contribution is -2.57. The van der Waals surface area contributed by atoms with Gasteiger partial charge in [0, 0.05) is 31.2 Å². The van der Waals surface area contributed by atoms with Gasteiger partial charge >= 0.3 is 0 Å². The fourth-order valence-corrected chi connectivity index (χ4v) is 4.67. The van der Waals surface area contributed by atoms with Gasteiger partial charge in [0.05, 0.1) is 11.4 Å². The molecule has 3 heterocycles. The predicted octanol–water partition coefficient (Wildman–Crippen LogP) is 2.15. The highest BCUT2D eigenvalue weighted by Gasteiger charge is 2.40.